The molecule has 0 atom stereocenters. The number of amides is 2. The Kier molecular flexibility index (Phi) is 5.93. The van der Waals surface area contributed by atoms with Crippen LogP contribution in [0.4, 0.5) is 0 Å². The Labute approximate surface area is 166 Å². The van der Waals surface area contributed by atoms with Crippen molar-refractivity contribution < 1.29 is 9.59 Å². The van der Waals surface area contributed by atoms with E-state index in [1.807, 2.05) is 28.8 Å². The molecule has 6 nitrogen and oxygen atoms in total. The Balaban J connectivity index is 1.35. The van der Waals surface area contributed by atoms with Gasteiger partial charge < -0.3 is 15.2 Å². The van der Waals surface area contributed by atoms with Crippen molar-refractivity contribution in [2.24, 2.45) is 5.92 Å². The highest BCUT2D eigenvalue weighted by Gasteiger charge is 2.24. The summed E-state index contributed by atoms with van der Waals surface area (Å²) >= 11 is 0. The van der Waals surface area contributed by atoms with E-state index in [0.29, 0.717) is 19.1 Å². The highest BCUT2D eigenvalue weighted by atomic mass is 16.2. The fraction of sp³-hybridized carbons (Fsp3) is 0.591. The molecule has 2 aliphatic carbocycles. The molecule has 0 unspecified atom stereocenters. The SMILES string of the molecule is O=C(Cn1c(CCCNC(=O)C2CCCCC2)nc2ccccc21)NC1CC1. The molecule has 2 aromatic rings. The van der Waals surface area contributed by atoms with Crippen molar-refractivity contribution in [3.05, 3.63) is 30.1 Å². The number of para-hydroxylation sites is 2. The monoisotopic (exact) mass is 382 g/mol. The Morgan fingerprint density at radius 1 is 1.07 bits per heavy atom. The molecule has 0 saturated heterocycles. The Morgan fingerprint density at radius 3 is 2.64 bits per heavy atom. The standard InChI is InChI=1S/C22H30N4O2/c27-21(24-17-12-13-17)15-26-19-10-5-4-9-18(19)25-20(26)11-6-14-23-22(28)16-7-2-1-3-8-16/h4-5,9-10,16-17H,1-3,6-8,11-15H2,(H,23,28)(H,24,27). The minimum atomic E-state index is 0.0532. The highest BCUT2D eigenvalue weighted by Crippen LogP contribution is 2.23. The van der Waals surface area contributed by atoms with Crippen molar-refractivity contribution in [2.75, 3.05) is 6.54 Å². The Hall–Kier alpha value is -2.37. The number of imidazole rings is 1. The maximum atomic E-state index is 12.3. The van der Waals surface area contributed by atoms with Crippen LogP contribution in [-0.2, 0) is 22.6 Å². The molecule has 2 fully saturated rings. The first-order valence-corrected chi connectivity index (χ1v) is 10.7. The predicted molar refractivity (Wildman–Crippen MR) is 109 cm³/mol. The van der Waals surface area contributed by atoms with Crippen LogP contribution in [-0.4, -0.2) is 34.0 Å². The van der Waals surface area contributed by atoms with Gasteiger partial charge in [-0.3, -0.25) is 9.59 Å². The van der Waals surface area contributed by atoms with Gasteiger partial charge in [-0.05, 0) is 44.2 Å². The van der Waals surface area contributed by atoms with E-state index in [1.165, 1.54) is 19.3 Å². The molecule has 4 rings (SSSR count). The maximum Gasteiger partial charge on any atom is 0.240 e. The van der Waals surface area contributed by atoms with Crippen molar-refractivity contribution in [3.8, 4) is 0 Å². The molecule has 2 saturated carbocycles. The van der Waals surface area contributed by atoms with Gasteiger partial charge in [0, 0.05) is 24.9 Å². The van der Waals surface area contributed by atoms with Crippen molar-refractivity contribution in [3.63, 3.8) is 0 Å². The third-order valence-electron chi connectivity index (χ3n) is 5.83. The normalized spacial score (nSPS) is 17.6. The number of carbonyl (C=O) groups excluding carboxylic acids is 2. The molecule has 2 amide bonds. The zero-order chi connectivity index (χ0) is 19.3. The predicted octanol–water partition coefficient (Wildman–Crippen LogP) is 2.94. The van der Waals surface area contributed by atoms with Gasteiger partial charge >= 0.3 is 0 Å². The second-order valence-corrected chi connectivity index (χ2v) is 8.17. The molecule has 2 aliphatic rings. The molecule has 1 aromatic carbocycles. The molecule has 28 heavy (non-hydrogen) atoms. The lowest BCUT2D eigenvalue weighted by molar-refractivity contribution is -0.126. The van der Waals surface area contributed by atoms with Crippen LogP contribution in [0.2, 0.25) is 0 Å². The summed E-state index contributed by atoms with van der Waals surface area (Å²) in [6, 6.07) is 8.31. The first-order valence-electron chi connectivity index (χ1n) is 10.7. The summed E-state index contributed by atoms with van der Waals surface area (Å²) in [5.74, 6) is 1.37. The van der Waals surface area contributed by atoms with Gasteiger partial charge in [0.25, 0.3) is 0 Å². The summed E-state index contributed by atoms with van der Waals surface area (Å²) in [6.45, 7) is 0.966. The lowest BCUT2D eigenvalue weighted by Gasteiger charge is -2.20. The van der Waals surface area contributed by atoms with Crippen LogP contribution in [0.25, 0.3) is 11.0 Å². The minimum absolute atomic E-state index is 0.0532. The molecular weight excluding hydrogens is 352 g/mol. The number of rotatable bonds is 8. The number of fused-ring (bicyclic) bond motifs is 1. The second-order valence-electron chi connectivity index (χ2n) is 8.17. The lowest BCUT2D eigenvalue weighted by atomic mass is 9.89. The smallest absolute Gasteiger partial charge is 0.240 e. The Morgan fingerprint density at radius 2 is 1.86 bits per heavy atom. The van der Waals surface area contributed by atoms with Gasteiger partial charge in [0.15, 0.2) is 0 Å². The van der Waals surface area contributed by atoms with E-state index in [4.69, 9.17) is 4.98 Å². The average molecular weight is 383 g/mol. The fourth-order valence-corrected chi connectivity index (χ4v) is 4.10. The van der Waals surface area contributed by atoms with Gasteiger partial charge in [0.05, 0.1) is 11.0 Å². The first-order chi connectivity index (χ1) is 13.7. The zero-order valence-electron chi connectivity index (χ0n) is 16.5. The summed E-state index contributed by atoms with van der Waals surface area (Å²) in [4.78, 5) is 29.4. The van der Waals surface area contributed by atoms with Gasteiger partial charge in [-0.1, -0.05) is 31.4 Å². The van der Waals surface area contributed by atoms with Crippen molar-refractivity contribution in [1.82, 2.24) is 20.2 Å². The summed E-state index contributed by atoms with van der Waals surface area (Å²) in [7, 11) is 0. The van der Waals surface area contributed by atoms with Crippen molar-refractivity contribution in [1.29, 1.82) is 0 Å². The zero-order valence-corrected chi connectivity index (χ0v) is 16.5. The largest absolute Gasteiger partial charge is 0.356 e. The van der Waals surface area contributed by atoms with Crippen LogP contribution in [0, 0.1) is 5.92 Å². The van der Waals surface area contributed by atoms with Gasteiger partial charge in [-0.15, -0.1) is 0 Å². The average Bonchev–Trinajstić information content (AvgIpc) is 3.47. The molecule has 0 bridgehead atoms. The molecule has 0 spiro atoms. The van der Waals surface area contributed by atoms with Crippen LogP contribution in [0.15, 0.2) is 24.3 Å². The molecule has 0 aliphatic heterocycles. The van der Waals surface area contributed by atoms with E-state index < -0.39 is 0 Å². The molecule has 1 aromatic heterocycles. The number of aryl methyl sites for hydroxylation is 1. The summed E-state index contributed by atoms with van der Waals surface area (Å²) in [6.07, 6.45) is 9.40. The van der Waals surface area contributed by atoms with Crippen molar-refractivity contribution >= 4 is 22.8 Å². The third kappa shape index (κ3) is 4.72. The van der Waals surface area contributed by atoms with E-state index in [1.54, 1.807) is 0 Å². The number of hydrogen-bond donors (Lipinski definition) is 2. The first kappa shape index (κ1) is 19.0. The van der Waals surface area contributed by atoms with Gasteiger partial charge in [-0.25, -0.2) is 4.98 Å². The van der Waals surface area contributed by atoms with E-state index in [2.05, 4.69) is 10.6 Å². The van der Waals surface area contributed by atoms with Gasteiger partial charge in [0.2, 0.25) is 11.8 Å². The van der Waals surface area contributed by atoms with Crippen molar-refractivity contribution in [2.45, 2.75) is 70.4 Å². The number of nitrogens with one attached hydrogen (secondary N) is 2. The number of aromatic nitrogens is 2. The number of benzene rings is 1. The van der Waals surface area contributed by atoms with E-state index in [0.717, 1.165) is 55.4 Å². The maximum absolute atomic E-state index is 12.3. The molecule has 6 heteroatoms. The highest BCUT2D eigenvalue weighted by molar-refractivity contribution is 5.81. The van der Waals surface area contributed by atoms with Crippen LogP contribution in [0.3, 0.4) is 0 Å². The quantitative estimate of drug-likeness (QED) is 0.689. The van der Waals surface area contributed by atoms with Crippen LogP contribution in [0.1, 0.15) is 57.2 Å². The fourth-order valence-electron chi connectivity index (χ4n) is 4.10. The Bertz CT molecular complexity index is 834. The van der Waals surface area contributed by atoms with E-state index >= 15 is 0 Å². The van der Waals surface area contributed by atoms with E-state index in [9.17, 15) is 9.59 Å². The van der Waals surface area contributed by atoms with Crippen LogP contribution >= 0.6 is 0 Å². The third-order valence-corrected chi connectivity index (χ3v) is 5.83. The molecule has 2 N–H and O–H groups in total. The summed E-state index contributed by atoms with van der Waals surface area (Å²) in [5, 5.41) is 6.15. The minimum Gasteiger partial charge on any atom is -0.356 e. The van der Waals surface area contributed by atoms with Crippen LogP contribution < -0.4 is 10.6 Å². The topological polar surface area (TPSA) is 76.0 Å². The molecule has 150 valence electrons. The lowest BCUT2D eigenvalue weighted by Crippen LogP contribution is -2.33. The second kappa shape index (κ2) is 8.76. The number of hydrogen-bond acceptors (Lipinski definition) is 3. The summed E-state index contributed by atoms with van der Waals surface area (Å²) in [5.41, 5.74) is 1.91. The molecule has 1 heterocycles. The van der Waals surface area contributed by atoms with E-state index in [-0.39, 0.29) is 17.7 Å². The summed E-state index contributed by atoms with van der Waals surface area (Å²) < 4.78 is 2.02. The molecular formula is C22H30N4O2. The molecule has 0 radical (unpaired) electrons. The van der Waals surface area contributed by atoms with Gasteiger partial charge in [0.1, 0.15) is 12.4 Å². The van der Waals surface area contributed by atoms with Gasteiger partial charge in [-0.2, -0.15) is 0 Å². The number of carbonyl (C=O) groups is 2. The van der Waals surface area contributed by atoms with Crippen LogP contribution in [0.5, 0.6) is 0 Å². The number of nitrogens with zero attached hydrogens (tertiary/aromatic N) is 2.